The van der Waals surface area contributed by atoms with E-state index in [-0.39, 0.29) is 0 Å². The van der Waals surface area contributed by atoms with Gasteiger partial charge in [-0.25, -0.2) is 0 Å². The maximum Gasteiger partial charge on any atom is 0.00124 e. The number of nitrogens with zero attached hydrogens (tertiary/aromatic N) is 1. The van der Waals surface area contributed by atoms with Crippen LogP contribution in [0.1, 0.15) is 26.7 Å². The lowest BCUT2D eigenvalue weighted by Crippen LogP contribution is -2.29. The van der Waals surface area contributed by atoms with E-state index < -0.39 is 0 Å². The van der Waals surface area contributed by atoms with Crippen LogP contribution in [0.15, 0.2) is 0 Å². The van der Waals surface area contributed by atoms with Crippen molar-refractivity contribution < 1.29 is 0 Å². The van der Waals surface area contributed by atoms with Crippen LogP contribution in [-0.2, 0) is 0 Å². The molecular weight excluding hydrogens is 146 g/mol. The average molecular weight is 167 g/mol. The lowest BCUT2D eigenvalue weighted by molar-refractivity contribution is 0.165. The zero-order chi connectivity index (χ0) is 8.72. The van der Waals surface area contributed by atoms with Crippen molar-refractivity contribution >= 4 is 0 Å². The fourth-order valence-corrected chi connectivity index (χ4v) is 3.44. The summed E-state index contributed by atoms with van der Waals surface area (Å²) in [6.07, 6.45) is 2.95. The van der Waals surface area contributed by atoms with Crippen molar-refractivity contribution in [3.05, 3.63) is 0 Å². The Hall–Kier alpha value is -0.0400. The third-order valence-electron chi connectivity index (χ3n) is 3.88. The van der Waals surface area contributed by atoms with E-state index in [4.69, 9.17) is 0 Å². The Balaban J connectivity index is 2.05. The molecule has 0 aromatic heterocycles. The Morgan fingerprint density at radius 3 is 2.58 bits per heavy atom. The highest BCUT2D eigenvalue weighted by Gasteiger charge is 2.38. The summed E-state index contributed by atoms with van der Waals surface area (Å²) < 4.78 is 0. The molecule has 1 nitrogen and oxygen atoms in total. The number of hydrogen-bond donors (Lipinski definition) is 0. The molecule has 70 valence electrons. The third kappa shape index (κ3) is 1.39. The molecule has 2 rings (SSSR count). The van der Waals surface area contributed by atoms with E-state index >= 15 is 0 Å². The van der Waals surface area contributed by atoms with Crippen molar-refractivity contribution in [2.75, 3.05) is 20.1 Å². The van der Waals surface area contributed by atoms with Gasteiger partial charge in [-0.05, 0) is 43.6 Å². The van der Waals surface area contributed by atoms with Gasteiger partial charge in [0, 0.05) is 13.1 Å². The van der Waals surface area contributed by atoms with Crippen molar-refractivity contribution in [3.8, 4) is 0 Å². The Morgan fingerprint density at radius 2 is 1.83 bits per heavy atom. The molecule has 2 aliphatic rings. The number of fused-ring (bicyclic) bond motifs is 1. The van der Waals surface area contributed by atoms with Gasteiger partial charge >= 0.3 is 0 Å². The normalized spacial score (nSPS) is 49.2. The highest BCUT2D eigenvalue weighted by atomic mass is 15.1. The second-order valence-electron chi connectivity index (χ2n) is 5.20. The molecule has 1 saturated carbocycles. The first kappa shape index (κ1) is 8.55. The molecular formula is C11H21N. The predicted octanol–water partition coefficient (Wildman–Crippen LogP) is 2.23. The van der Waals surface area contributed by atoms with E-state index in [1.807, 2.05) is 0 Å². The van der Waals surface area contributed by atoms with E-state index in [0.29, 0.717) is 0 Å². The van der Waals surface area contributed by atoms with Crippen molar-refractivity contribution in [3.63, 3.8) is 0 Å². The van der Waals surface area contributed by atoms with Gasteiger partial charge in [0.25, 0.3) is 0 Å². The second kappa shape index (κ2) is 3.02. The maximum atomic E-state index is 2.52. The molecule has 0 N–H and O–H groups in total. The van der Waals surface area contributed by atoms with Gasteiger partial charge in [0.1, 0.15) is 0 Å². The van der Waals surface area contributed by atoms with Crippen LogP contribution in [0.4, 0.5) is 0 Å². The Kier molecular flexibility index (Phi) is 2.16. The summed E-state index contributed by atoms with van der Waals surface area (Å²) in [5.41, 5.74) is 0. The molecule has 1 aliphatic heterocycles. The van der Waals surface area contributed by atoms with Gasteiger partial charge in [-0.2, -0.15) is 0 Å². The molecule has 0 spiro atoms. The molecule has 1 aliphatic carbocycles. The van der Waals surface area contributed by atoms with E-state index in [9.17, 15) is 0 Å². The fraction of sp³-hybridized carbons (Fsp3) is 1.00. The van der Waals surface area contributed by atoms with Crippen molar-refractivity contribution in [2.45, 2.75) is 26.7 Å². The van der Waals surface area contributed by atoms with Gasteiger partial charge in [-0.1, -0.05) is 13.8 Å². The smallest absolute Gasteiger partial charge is 0.00124 e. The second-order valence-corrected chi connectivity index (χ2v) is 5.20. The molecule has 0 aromatic carbocycles. The van der Waals surface area contributed by atoms with Crippen LogP contribution in [0.2, 0.25) is 0 Å². The lowest BCUT2D eigenvalue weighted by atomic mass is 9.71. The molecule has 0 aromatic rings. The summed E-state index contributed by atoms with van der Waals surface area (Å²) in [6.45, 7) is 7.59. The highest BCUT2D eigenvalue weighted by Crippen LogP contribution is 2.41. The Labute approximate surface area is 76.1 Å². The van der Waals surface area contributed by atoms with Crippen molar-refractivity contribution in [1.29, 1.82) is 0 Å². The van der Waals surface area contributed by atoms with Crippen LogP contribution in [0.3, 0.4) is 0 Å². The maximum absolute atomic E-state index is 2.52. The number of likely N-dealkylation sites (tertiary alicyclic amines) is 1. The highest BCUT2D eigenvalue weighted by molar-refractivity contribution is 4.90. The van der Waals surface area contributed by atoms with Crippen LogP contribution < -0.4 is 0 Å². The van der Waals surface area contributed by atoms with Gasteiger partial charge in [0.05, 0.1) is 0 Å². The first-order chi connectivity index (χ1) is 5.66. The molecule has 1 saturated heterocycles. The molecule has 1 heterocycles. The Morgan fingerprint density at radius 1 is 1.08 bits per heavy atom. The van der Waals surface area contributed by atoms with E-state index in [0.717, 1.165) is 23.7 Å². The summed E-state index contributed by atoms with van der Waals surface area (Å²) in [6, 6.07) is 0. The third-order valence-corrected chi connectivity index (χ3v) is 3.88. The van der Waals surface area contributed by atoms with Gasteiger partial charge in [0.2, 0.25) is 0 Å². The minimum Gasteiger partial charge on any atom is -0.306 e. The molecule has 0 bridgehead atoms. The summed E-state index contributed by atoms with van der Waals surface area (Å²) in [5.74, 6) is 4.00. The van der Waals surface area contributed by atoms with Gasteiger partial charge < -0.3 is 4.90 Å². The standard InChI is InChI=1S/C11H21N/c1-8-4-9(2)11-7-12(3)6-10(11)5-8/h8-11H,4-7H2,1-3H3. The van der Waals surface area contributed by atoms with Crippen molar-refractivity contribution in [2.24, 2.45) is 23.7 Å². The van der Waals surface area contributed by atoms with Crippen LogP contribution in [0.25, 0.3) is 0 Å². The predicted molar refractivity (Wildman–Crippen MR) is 52.0 cm³/mol. The van der Waals surface area contributed by atoms with Gasteiger partial charge in [-0.3, -0.25) is 0 Å². The van der Waals surface area contributed by atoms with Crippen LogP contribution in [-0.4, -0.2) is 25.0 Å². The molecule has 2 fully saturated rings. The van der Waals surface area contributed by atoms with Crippen LogP contribution in [0.5, 0.6) is 0 Å². The largest absolute Gasteiger partial charge is 0.306 e. The molecule has 4 unspecified atom stereocenters. The van der Waals surface area contributed by atoms with Crippen LogP contribution in [0, 0.1) is 23.7 Å². The van der Waals surface area contributed by atoms with Crippen molar-refractivity contribution in [1.82, 2.24) is 4.90 Å². The molecule has 0 amide bonds. The molecule has 12 heavy (non-hydrogen) atoms. The summed E-state index contributed by atoms with van der Waals surface area (Å²) in [5, 5.41) is 0. The summed E-state index contributed by atoms with van der Waals surface area (Å²) >= 11 is 0. The Bertz CT molecular complexity index is 166. The van der Waals surface area contributed by atoms with Gasteiger partial charge in [0.15, 0.2) is 0 Å². The quantitative estimate of drug-likeness (QED) is 0.535. The minimum absolute atomic E-state index is 0.976. The van der Waals surface area contributed by atoms with E-state index in [1.54, 1.807) is 0 Å². The first-order valence-electron chi connectivity index (χ1n) is 5.35. The van der Waals surface area contributed by atoms with Gasteiger partial charge in [-0.15, -0.1) is 0 Å². The average Bonchev–Trinajstić information content (AvgIpc) is 2.29. The van der Waals surface area contributed by atoms with Crippen LogP contribution >= 0.6 is 0 Å². The summed E-state index contributed by atoms with van der Waals surface area (Å²) in [4.78, 5) is 2.52. The van der Waals surface area contributed by atoms with E-state index in [2.05, 4.69) is 25.8 Å². The zero-order valence-corrected chi connectivity index (χ0v) is 8.59. The van der Waals surface area contributed by atoms with E-state index in [1.165, 1.54) is 25.9 Å². The fourth-order valence-electron chi connectivity index (χ4n) is 3.44. The zero-order valence-electron chi connectivity index (χ0n) is 8.59. The lowest BCUT2D eigenvalue weighted by Gasteiger charge is -2.34. The first-order valence-corrected chi connectivity index (χ1v) is 5.35. The SMILES string of the molecule is CC1CC(C)C2CN(C)CC2C1. The molecule has 0 radical (unpaired) electrons. The molecule has 1 heteroatoms. The topological polar surface area (TPSA) is 3.24 Å². The summed E-state index contributed by atoms with van der Waals surface area (Å²) in [7, 11) is 2.27. The molecule has 4 atom stereocenters. The number of hydrogen-bond acceptors (Lipinski definition) is 1. The minimum atomic E-state index is 0.976. The number of rotatable bonds is 0. The monoisotopic (exact) mass is 167 g/mol.